The summed E-state index contributed by atoms with van der Waals surface area (Å²) in [7, 11) is 0. The summed E-state index contributed by atoms with van der Waals surface area (Å²) >= 11 is 0. The summed E-state index contributed by atoms with van der Waals surface area (Å²) in [5.41, 5.74) is 0.889. The normalized spacial score (nSPS) is 13.5. The maximum absolute atomic E-state index is 12.1. The average molecular weight is 330 g/mol. The highest BCUT2D eigenvalue weighted by Crippen LogP contribution is 2.40. The molecule has 1 fully saturated rings. The van der Waals surface area contributed by atoms with Gasteiger partial charge in [-0.3, -0.25) is 9.59 Å². The van der Waals surface area contributed by atoms with Gasteiger partial charge < -0.3 is 19.7 Å². The first-order chi connectivity index (χ1) is 11.6. The highest BCUT2D eigenvalue weighted by molar-refractivity contribution is 6.02. The Bertz CT molecular complexity index is 719. The van der Waals surface area contributed by atoms with Crippen molar-refractivity contribution in [2.45, 2.75) is 31.6 Å². The number of carbonyl (C=O) groups excluding carboxylic acids is 1. The smallest absolute Gasteiger partial charge is 0.303 e. The monoisotopic (exact) mass is 330 g/mol. The minimum atomic E-state index is -0.839. The van der Waals surface area contributed by atoms with Gasteiger partial charge in [0.25, 0.3) is 5.91 Å². The number of aromatic nitrogens is 1. The van der Waals surface area contributed by atoms with E-state index in [4.69, 9.17) is 14.4 Å². The summed E-state index contributed by atoms with van der Waals surface area (Å²) in [6.45, 7) is 0.334. The van der Waals surface area contributed by atoms with Crippen LogP contribution in [0.1, 0.15) is 47.8 Å². The number of anilines is 1. The molecule has 2 aromatic rings. The average Bonchev–Trinajstić information content (AvgIpc) is 3.30. The minimum Gasteiger partial charge on any atom is -0.494 e. The largest absolute Gasteiger partial charge is 0.494 e. The van der Waals surface area contributed by atoms with Crippen LogP contribution < -0.4 is 10.1 Å². The zero-order valence-electron chi connectivity index (χ0n) is 13.0. The van der Waals surface area contributed by atoms with E-state index in [-0.39, 0.29) is 18.0 Å². The third-order valence-corrected chi connectivity index (χ3v) is 3.66. The fraction of sp³-hybridized carbons (Fsp3) is 0.353. The number of carboxylic acids is 1. The van der Waals surface area contributed by atoms with Crippen molar-refractivity contribution in [3.63, 3.8) is 0 Å². The second-order valence-electron chi connectivity index (χ2n) is 5.71. The van der Waals surface area contributed by atoms with Crippen molar-refractivity contribution in [1.29, 1.82) is 0 Å². The van der Waals surface area contributed by atoms with E-state index in [1.54, 1.807) is 30.3 Å². The van der Waals surface area contributed by atoms with Gasteiger partial charge in [-0.2, -0.15) is 0 Å². The van der Waals surface area contributed by atoms with Gasteiger partial charge in [0.1, 0.15) is 11.5 Å². The molecular formula is C17H18N2O5. The molecule has 0 aliphatic heterocycles. The molecule has 1 aliphatic carbocycles. The van der Waals surface area contributed by atoms with Crippen molar-refractivity contribution in [3.8, 4) is 5.75 Å². The molecule has 1 aliphatic rings. The number of aliphatic carboxylic acids is 1. The van der Waals surface area contributed by atoms with Gasteiger partial charge in [0.2, 0.25) is 0 Å². The molecule has 126 valence electrons. The Morgan fingerprint density at radius 3 is 2.71 bits per heavy atom. The summed E-state index contributed by atoms with van der Waals surface area (Å²) in [5, 5.41) is 15.1. The molecule has 7 nitrogen and oxygen atoms in total. The number of nitrogens with zero attached hydrogens (tertiary/aromatic N) is 1. The number of hydrogen-bond donors (Lipinski definition) is 2. The van der Waals surface area contributed by atoms with Crippen LogP contribution in [0, 0.1) is 0 Å². The maximum atomic E-state index is 12.1. The van der Waals surface area contributed by atoms with Crippen molar-refractivity contribution in [2.75, 3.05) is 11.9 Å². The number of rotatable bonds is 8. The molecule has 0 radical (unpaired) electrons. The van der Waals surface area contributed by atoms with Gasteiger partial charge in [-0.1, -0.05) is 5.16 Å². The lowest BCUT2D eigenvalue weighted by Crippen LogP contribution is -2.12. The Kier molecular flexibility index (Phi) is 4.79. The molecule has 0 saturated heterocycles. The number of nitrogens with one attached hydrogen (secondary N) is 1. The van der Waals surface area contributed by atoms with Gasteiger partial charge in [0.15, 0.2) is 5.69 Å². The first-order valence-corrected chi connectivity index (χ1v) is 7.84. The van der Waals surface area contributed by atoms with Gasteiger partial charge in [-0.25, -0.2) is 0 Å². The quantitative estimate of drug-likeness (QED) is 0.721. The molecule has 1 heterocycles. The van der Waals surface area contributed by atoms with E-state index in [9.17, 15) is 9.59 Å². The van der Waals surface area contributed by atoms with Crippen molar-refractivity contribution in [3.05, 3.63) is 41.8 Å². The molecule has 0 bridgehead atoms. The summed E-state index contributed by atoms with van der Waals surface area (Å²) in [6, 6.07) is 8.55. The molecule has 24 heavy (non-hydrogen) atoms. The van der Waals surface area contributed by atoms with Gasteiger partial charge in [-0.05, 0) is 43.5 Å². The van der Waals surface area contributed by atoms with Crippen molar-refractivity contribution in [1.82, 2.24) is 5.16 Å². The van der Waals surface area contributed by atoms with Crippen LogP contribution in [0.25, 0.3) is 0 Å². The zero-order chi connectivity index (χ0) is 16.9. The molecule has 2 N–H and O–H groups in total. The fourth-order valence-corrected chi connectivity index (χ4v) is 2.20. The summed E-state index contributed by atoms with van der Waals surface area (Å²) in [5.74, 6) is 0.646. The number of ether oxygens (including phenoxy) is 1. The molecule has 1 aromatic carbocycles. The number of amides is 1. The lowest BCUT2D eigenvalue weighted by atomic mass is 10.2. The minimum absolute atomic E-state index is 0.0781. The van der Waals surface area contributed by atoms with Gasteiger partial charge in [0, 0.05) is 24.1 Å². The van der Waals surface area contributed by atoms with E-state index in [1.807, 2.05) is 0 Å². The van der Waals surface area contributed by atoms with Crippen molar-refractivity contribution >= 4 is 17.6 Å². The third-order valence-electron chi connectivity index (χ3n) is 3.66. The van der Waals surface area contributed by atoms with Crippen LogP contribution in [0.4, 0.5) is 5.69 Å². The van der Waals surface area contributed by atoms with Gasteiger partial charge >= 0.3 is 5.97 Å². The lowest BCUT2D eigenvalue weighted by molar-refractivity contribution is -0.137. The first kappa shape index (κ1) is 16.0. The zero-order valence-corrected chi connectivity index (χ0v) is 13.0. The van der Waals surface area contributed by atoms with E-state index in [0.717, 1.165) is 18.6 Å². The Balaban J connectivity index is 1.49. The Morgan fingerprint density at radius 2 is 2.04 bits per heavy atom. The van der Waals surface area contributed by atoms with Crippen LogP contribution in [0.2, 0.25) is 0 Å². The van der Waals surface area contributed by atoms with Crippen LogP contribution in [0.5, 0.6) is 5.75 Å². The number of carbonyl (C=O) groups is 2. The second-order valence-corrected chi connectivity index (χ2v) is 5.71. The van der Waals surface area contributed by atoms with Crippen LogP contribution in [0.15, 0.2) is 34.9 Å². The second kappa shape index (κ2) is 7.16. The molecular weight excluding hydrogens is 312 g/mol. The fourth-order valence-electron chi connectivity index (χ4n) is 2.20. The number of hydrogen-bond acceptors (Lipinski definition) is 5. The molecule has 1 saturated carbocycles. The summed E-state index contributed by atoms with van der Waals surface area (Å²) in [4.78, 5) is 22.5. The topological polar surface area (TPSA) is 102 Å². The highest BCUT2D eigenvalue weighted by Gasteiger charge is 2.28. The molecule has 1 aromatic heterocycles. The van der Waals surface area contributed by atoms with Crippen LogP contribution in [-0.2, 0) is 4.79 Å². The molecule has 0 unspecified atom stereocenters. The third kappa shape index (κ3) is 4.34. The van der Waals surface area contributed by atoms with E-state index in [0.29, 0.717) is 30.4 Å². The first-order valence-electron chi connectivity index (χ1n) is 7.84. The molecule has 0 atom stereocenters. The molecule has 3 rings (SSSR count). The highest BCUT2D eigenvalue weighted by atomic mass is 16.5. The van der Waals surface area contributed by atoms with E-state index < -0.39 is 5.97 Å². The Morgan fingerprint density at radius 1 is 1.29 bits per heavy atom. The van der Waals surface area contributed by atoms with E-state index in [1.165, 1.54) is 0 Å². The summed E-state index contributed by atoms with van der Waals surface area (Å²) in [6.07, 6.45) is 2.70. The maximum Gasteiger partial charge on any atom is 0.303 e. The summed E-state index contributed by atoms with van der Waals surface area (Å²) < 4.78 is 10.6. The Hall–Kier alpha value is -2.83. The van der Waals surface area contributed by atoms with Crippen LogP contribution >= 0.6 is 0 Å². The predicted molar refractivity (Wildman–Crippen MR) is 85.2 cm³/mol. The number of benzene rings is 1. The van der Waals surface area contributed by atoms with Crippen molar-refractivity contribution in [2.24, 2.45) is 0 Å². The molecule has 7 heteroatoms. The van der Waals surface area contributed by atoms with E-state index >= 15 is 0 Å². The predicted octanol–water partition coefficient (Wildman–Crippen LogP) is 3.05. The number of carboxylic acid groups (broad SMARTS) is 1. The van der Waals surface area contributed by atoms with E-state index in [2.05, 4.69) is 10.5 Å². The SMILES string of the molecule is O=C(O)CCCOc1ccc(NC(=O)c2cc(C3CC3)on2)cc1. The Labute approximate surface area is 138 Å². The van der Waals surface area contributed by atoms with Crippen molar-refractivity contribution < 1.29 is 24.0 Å². The molecule has 0 spiro atoms. The van der Waals surface area contributed by atoms with Crippen LogP contribution in [0.3, 0.4) is 0 Å². The van der Waals surface area contributed by atoms with Gasteiger partial charge in [0.05, 0.1) is 6.61 Å². The van der Waals surface area contributed by atoms with Gasteiger partial charge in [-0.15, -0.1) is 0 Å². The van der Waals surface area contributed by atoms with Crippen LogP contribution in [-0.4, -0.2) is 28.7 Å². The lowest BCUT2D eigenvalue weighted by Gasteiger charge is -2.07. The standard InChI is InChI=1S/C17H18N2O5/c20-16(21)2-1-9-23-13-7-5-12(6-8-13)18-17(22)14-10-15(24-19-14)11-3-4-11/h5-8,10-11H,1-4,9H2,(H,18,22)(H,20,21). The molecule has 1 amide bonds.